The molecule has 1 aromatic carbocycles. The molecule has 1 saturated heterocycles. The van der Waals surface area contributed by atoms with Crippen molar-refractivity contribution < 1.29 is 14.0 Å². The molecule has 2 aromatic rings. The molecular formula is C26H35FN4O2. The fourth-order valence-electron chi connectivity index (χ4n) is 5.19. The maximum absolute atomic E-state index is 13.3. The number of hydrogen-bond acceptors (Lipinski definition) is 3. The van der Waals surface area contributed by atoms with Gasteiger partial charge in [0.2, 0.25) is 11.8 Å². The maximum atomic E-state index is 13.3. The number of piperazine rings is 1. The first-order valence-electron chi connectivity index (χ1n) is 12.3. The lowest BCUT2D eigenvalue weighted by atomic mass is 9.86. The highest BCUT2D eigenvalue weighted by molar-refractivity contribution is 5.80. The third-order valence-electron chi connectivity index (χ3n) is 7.32. The molecule has 2 fully saturated rings. The van der Waals surface area contributed by atoms with E-state index in [2.05, 4.69) is 5.10 Å². The highest BCUT2D eigenvalue weighted by Gasteiger charge is 2.26. The van der Waals surface area contributed by atoms with Gasteiger partial charge in [-0.3, -0.25) is 9.59 Å². The molecule has 0 radical (unpaired) electrons. The molecule has 33 heavy (non-hydrogen) atoms. The first-order valence-corrected chi connectivity index (χ1v) is 12.3. The zero-order valence-electron chi connectivity index (χ0n) is 19.9. The summed E-state index contributed by atoms with van der Waals surface area (Å²) < 4.78 is 15.0. The Kier molecular flexibility index (Phi) is 7.46. The summed E-state index contributed by atoms with van der Waals surface area (Å²) in [5, 5.41) is 4.57. The minimum Gasteiger partial charge on any atom is -0.339 e. The molecule has 6 nitrogen and oxygen atoms in total. The SMILES string of the molecule is Cc1nn(-c2ccc(F)cc2)c(C)c1CC(=O)N1CCN(C(=O)CCC2CCCCC2)CC1. The van der Waals surface area contributed by atoms with Crippen LogP contribution in [0.3, 0.4) is 0 Å². The molecule has 2 heterocycles. The fraction of sp³-hybridized carbons (Fsp3) is 0.577. The summed E-state index contributed by atoms with van der Waals surface area (Å²) in [4.78, 5) is 29.4. The summed E-state index contributed by atoms with van der Waals surface area (Å²) in [6, 6.07) is 6.19. The highest BCUT2D eigenvalue weighted by Crippen LogP contribution is 2.27. The van der Waals surface area contributed by atoms with Crippen molar-refractivity contribution in [3.63, 3.8) is 0 Å². The Morgan fingerprint density at radius 2 is 1.55 bits per heavy atom. The van der Waals surface area contributed by atoms with Crippen molar-refractivity contribution in [1.29, 1.82) is 0 Å². The molecular weight excluding hydrogens is 419 g/mol. The lowest BCUT2D eigenvalue weighted by Crippen LogP contribution is -2.51. The van der Waals surface area contributed by atoms with E-state index in [9.17, 15) is 14.0 Å². The Bertz CT molecular complexity index is 971. The summed E-state index contributed by atoms with van der Waals surface area (Å²) in [5.74, 6) is 0.726. The van der Waals surface area contributed by atoms with Crippen molar-refractivity contribution in [1.82, 2.24) is 19.6 Å². The smallest absolute Gasteiger partial charge is 0.227 e. The number of rotatable bonds is 6. The minimum atomic E-state index is -0.290. The van der Waals surface area contributed by atoms with Gasteiger partial charge in [0.15, 0.2) is 0 Å². The van der Waals surface area contributed by atoms with Crippen LogP contribution in [0.4, 0.5) is 4.39 Å². The van der Waals surface area contributed by atoms with E-state index in [1.165, 1.54) is 44.2 Å². The van der Waals surface area contributed by atoms with Gasteiger partial charge in [-0.2, -0.15) is 5.10 Å². The topological polar surface area (TPSA) is 58.4 Å². The monoisotopic (exact) mass is 454 g/mol. The van der Waals surface area contributed by atoms with Crippen LogP contribution in [0, 0.1) is 25.6 Å². The minimum absolute atomic E-state index is 0.0640. The predicted octanol–water partition coefficient (Wildman–Crippen LogP) is 4.20. The van der Waals surface area contributed by atoms with Gasteiger partial charge in [-0.25, -0.2) is 9.07 Å². The van der Waals surface area contributed by atoms with Crippen LogP contribution in [0.2, 0.25) is 0 Å². The van der Waals surface area contributed by atoms with Crippen LogP contribution in [-0.4, -0.2) is 57.6 Å². The Labute approximate surface area is 195 Å². The molecule has 1 aliphatic carbocycles. The second-order valence-electron chi connectivity index (χ2n) is 9.52. The third-order valence-corrected chi connectivity index (χ3v) is 7.32. The van der Waals surface area contributed by atoms with E-state index in [1.807, 2.05) is 23.6 Å². The quantitative estimate of drug-likeness (QED) is 0.657. The molecule has 1 saturated carbocycles. The molecule has 178 valence electrons. The Morgan fingerprint density at radius 1 is 0.939 bits per heavy atom. The molecule has 0 unspecified atom stereocenters. The van der Waals surface area contributed by atoms with E-state index >= 15 is 0 Å². The summed E-state index contributed by atoms with van der Waals surface area (Å²) in [7, 11) is 0. The zero-order valence-corrected chi connectivity index (χ0v) is 19.9. The Morgan fingerprint density at radius 3 is 2.18 bits per heavy atom. The first kappa shape index (κ1) is 23.5. The van der Waals surface area contributed by atoms with Crippen LogP contribution in [0.15, 0.2) is 24.3 Å². The molecule has 7 heteroatoms. The van der Waals surface area contributed by atoms with Crippen LogP contribution in [0.5, 0.6) is 0 Å². The van der Waals surface area contributed by atoms with Crippen molar-refractivity contribution in [3.8, 4) is 5.69 Å². The van der Waals surface area contributed by atoms with E-state index in [4.69, 9.17) is 0 Å². The van der Waals surface area contributed by atoms with Crippen molar-refractivity contribution in [2.24, 2.45) is 5.92 Å². The number of halogens is 1. The highest BCUT2D eigenvalue weighted by atomic mass is 19.1. The summed E-state index contributed by atoms with van der Waals surface area (Å²) in [5.41, 5.74) is 3.39. The number of aryl methyl sites for hydroxylation is 1. The predicted molar refractivity (Wildman–Crippen MR) is 126 cm³/mol. The number of benzene rings is 1. The molecule has 0 bridgehead atoms. The van der Waals surface area contributed by atoms with E-state index in [-0.39, 0.29) is 24.1 Å². The largest absolute Gasteiger partial charge is 0.339 e. The van der Waals surface area contributed by atoms with Gasteiger partial charge in [-0.15, -0.1) is 0 Å². The second kappa shape index (κ2) is 10.5. The van der Waals surface area contributed by atoms with Crippen molar-refractivity contribution >= 4 is 11.8 Å². The van der Waals surface area contributed by atoms with Crippen LogP contribution >= 0.6 is 0 Å². The number of carbonyl (C=O) groups is 2. The average molecular weight is 455 g/mol. The van der Waals surface area contributed by atoms with Crippen LogP contribution in [0.25, 0.3) is 5.69 Å². The molecule has 0 N–H and O–H groups in total. The molecule has 0 atom stereocenters. The van der Waals surface area contributed by atoms with Crippen LogP contribution < -0.4 is 0 Å². The van der Waals surface area contributed by atoms with E-state index in [0.717, 1.165) is 29.1 Å². The average Bonchev–Trinajstić information content (AvgIpc) is 3.12. The fourth-order valence-corrected chi connectivity index (χ4v) is 5.19. The Balaban J connectivity index is 1.29. The van der Waals surface area contributed by atoms with Crippen molar-refractivity contribution in [2.45, 2.75) is 65.2 Å². The van der Waals surface area contributed by atoms with Gasteiger partial charge in [0.1, 0.15) is 5.82 Å². The van der Waals surface area contributed by atoms with Gasteiger partial charge in [0, 0.05) is 43.9 Å². The van der Waals surface area contributed by atoms with Crippen molar-refractivity contribution in [3.05, 3.63) is 47.0 Å². The number of aromatic nitrogens is 2. The van der Waals surface area contributed by atoms with Gasteiger partial charge in [0.05, 0.1) is 17.8 Å². The van der Waals surface area contributed by atoms with Gasteiger partial charge < -0.3 is 9.80 Å². The Hall–Kier alpha value is -2.70. The normalized spacial score (nSPS) is 17.4. The standard InChI is InChI=1S/C26H35FN4O2/c1-19-24(20(2)31(28-19)23-11-9-22(27)10-12-23)18-26(33)30-16-14-29(15-17-30)25(32)13-8-21-6-4-3-5-7-21/h9-12,21H,3-8,13-18H2,1-2H3. The van der Waals surface area contributed by atoms with Crippen LogP contribution in [0.1, 0.15) is 61.9 Å². The lowest BCUT2D eigenvalue weighted by molar-refractivity contribution is -0.139. The van der Waals surface area contributed by atoms with Gasteiger partial charge >= 0.3 is 0 Å². The zero-order chi connectivity index (χ0) is 23.4. The first-order chi connectivity index (χ1) is 15.9. The van der Waals surface area contributed by atoms with Crippen LogP contribution in [-0.2, 0) is 16.0 Å². The second-order valence-corrected chi connectivity index (χ2v) is 9.52. The number of carbonyl (C=O) groups excluding carboxylic acids is 2. The van der Waals surface area contributed by atoms with Crippen molar-refractivity contribution in [2.75, 3.05) is 26.2 Å². The molecule has 0 spiro atoms. The van der Waals surface area contributed by atoms with E-state index in [1.54, 1.807) is 16.8 Å². The number of amides is 2. The molecule has 1 aromatic heterocycles. The molecule has 4 rings (SSSR count). The van der Waals surface area contributed by atoms with Gasteiger partial charge in [0.25, 0.3) is 0 Å². The summed E-state index contributed by atoms with van der Waals surface area (Å²) in [6.07, 6.45) is 8.43. The maximum Gasteiger partial charge on any atom is 0.227 e. The van der Waals surface area contributed by atoms with E-state index in [0.29, 0.717) is 38.5 Å². The molecule has 1 aliphatic heterocycles. The van der Waals surface area contributed by atoms with E-state index < -0.39 is 0 Å². The van der Waals surface area contributed by atoms with Gasteiger partial charge in [-0.05, 0) is 50.5 Å². The van der Waals surface area contributed by atoms with Gasteiger partial charge in [-0.1, -0.05) is 32.1 Å². The molecule has 2 aliphatic rings. The summed E-state index contributed by atoms with van der Waals surface area (Å²) in [6.45, 7) is 6.23. The third kappa shape index (κ3) is 5.63. The lowest BCUT2D eigenvalue weighted by Gasteiger charge is -2.35. The molecule has 2 amide bonds. The number of hydrogen-bond donors (Lipinski definition) is 0. The summed E-state index contributed by atoms with van der Waals surface area (Å²) >= 11 is 0. The number of nitrogens with zero attached hydrogens (tertiary/aromatic N) is 4.